The topological polar surface area (TPSA) is 59.4 Å². The Balaban J connectivity index is 1.34. The van der Waals surface area contributed by atoms with Gasteiger partial charge in [-0.05, 0) is 43.0 Å². The maximum Gasteiger partial charge on any atom is 0.294 e. The van der Waals surface area contributed by atoms with Crippen molar-refractivity contribution in [2.75, 3.05) is 32.1 Å². The third-order valence-electron chi connectivity index (χ3n) is 7.40. The van der Waals surface area contributed by atoms with Gasteiger partial charge in [-0.15, -0.1) is 0 Å². The van der Waals surface area contributed by atoms with Gasteiger partial charge in [0.1, 0.15) is 13.6 Å². The number of hydrogen-bond donors (Lipinski definition) is 1. The molecule has 0 aliphatic carbocycles. The van der Waals surface area contributed by atoms with Crippen molar-refractivity contribution in [1.82, 2.24) is 14.5 Å². The lowest BCUT2D eigenvalue weighted by Crippen LogP contribution is -2.41. The number of nitrogens with one attached hydrogen (secondary N) is 1. The van der Waals surface area contributed by atoms with E-state index >= 15 is 0 Å². The molecule has 1 aromatic heterocycles. The van der Waals surface area contributed by atoms with Crippen LogP contribution in [-0.2, 0) is 6.54 Å². The van der Waals surface area contributed by atoms with Crippen LogP contribution in [0.4, 0.5) is 5.82 Å². The summed E-state index contributed by atoms with van der Waals surface area (Å²) in [6, 6.07) is 25.5. The zero-order chi connectivity index (χ0) is 28.8. The fourth-order valence-electron chi connectivity index (χ4n) is 5.32. The molecule has 0 saturated carbocycles. The van der Waals surface area contributed by atoms with Gasteiger partial charge in [-0.1, -0.05) is 95.4 Å². The molecule has 1 aliphatic heterocycles. The van der Waals surface area contributed by atoms with Gasteiger partial charge >= 0.3 is 0 Å². The highest BCUT2D eigenvalue weighted by Gasteiger charge is 2.23. The molecule has 2 radical (unpaired) electrons. The molecule has 8 heteroatoms. The van der Waals surface area contributed by atoms with Gasteiger partial charge in [0, 0.05) is 31.2 Å². The van der Waals surface area contributed by atoms with Gasteiger partial charge in [-0.2, -0.15) is 0 Å². The van der Waals surface area contributed by atoms with Crippen molar-refractivity contribution in [2.24, 2.45) is 0 Å². The Bertz CT molecular complexity index is 1560. The molecule has 1 fully saturated rings. The Morgan fingerprint density at radius 1 is 1.07 bits per heavy atom. The molecule has 1 N–H and O–H groups in total. The molecule has 5 rings (SSSR count). The van der Waals surface area contributed by atoms with Crippen LogP contribution in [0.15, 0.2) is 89.2 Å². The van der Waals surface area contributed by atoms with Crippen molar-refractivity contribution in [1.29, 1.82) is 0 Å². The normalized spacial score (nSPS) is 14.7. The monoisotopic (exact) mass is 564 g/mol. The van der Waals surface area contributed by atoms with E-state index in [0.29, 0.717) is 17.7 Å². The number of methoxy groups -OCH3 is 1. The highest BCUT2D eigenvalue weighted by molar-refractivity contribution is 6.33. The molecular formula is C33H34BClN4O2. The molecular weight excluding hydrogens is 531 g/mol. The third-order valence-corrected chi connectivity index (χ3v) is 7.66. The fourth-order valence-corrected chi connectivity index (χ4v) is 5.62. The van der Waals surface area contributed by atoms with E-state index in [1.165, 1.54) is 11.1 Å². The molecule has 1 aliphatic rings. The number of aromatic nitrogens is 2. The van der Waals surface area contributed by atoms with Gasteiger partial charge in [0.15, 0.2) is 11.0 Å². The second kappa shape index (κ2) is 13.2. The van der Waals surface area contributed by atoms with Crippen LogP contribution < -0.4 is 21.1 Å². The molecule has 208 valence electrons. The minimum absolute atomic E-state index is 0.133. The minimum Gasteiger partial charge on any atom is -0.497 e. The number of hydrogen-bond acceptors (Lipinski definition) is 5. The SMILES string of the molecule is [B]c1cccc(-c2c(Cl)nc(NC3CCN(C/C(C)=C/c4ccccc4)CC3)c(=O)n2Cc2ccc(OC)cc2)c1. The lowest BCUT2D eigenvalue weighted by molar-refractivity contribution is 0.236. The van der Waals surface area contributed by atoms with Crippen molar-refractivity contribution in [3.63, 3.8) is 0 Å². The lowest BCUT2D eigenvalue weighted by atomic mass is 9.93. The predicted octanol–water partition coefficient (Wildman–Crippen LogP) is 5.39. The zero-order valence-corrected chi connectivity index (χ0v) is 24.3. The Labute approximate surface area is 248 Å². The quantitative estimate of drug-likeness (QED) is 0.276. The van der Waals surface area contributed by atoms with Crippen molar-refractivity contribution >= 4 is 36.8 Å². The van der Waals surface area contributed by atoms with Crippen LogP contribution in [0.3, 0.4) is 0 Å². The van der Waals surface area contributed by atoms with E-state index in [9.17, 15) is 4.79 Å². The molecule has 0 atom stereocenters. The Morgan fingerprint density at radius 2 is 1.80 bits per heavy atom. The molecule has 0 bridgehead atoms. The van der Waals surface area contributed by atoms with Crippen LogP contribution in [0.25, 0.3) is 17.3 Å². The number of rotatable bonds is 9. The lowest BCUT2D eigenvalue weighted by Gasteiger charge is -2.32. The van der Waals surface area contributed by atoms with Gasteiger partial charge in [-0.25, -0.2) is 4.98 Å². The van der Waals surface area contributed by atoms with Crippen molar-refractivity contribution < 1.29 is 4.74 Å². The molecule has 4 aromatic rings. The number of piperidine rings is 1. The van der Waals surface area contributed by atoms with Crippen LogP contribution in [0.5, 0.6) is 5.75 Å². The van der Waals surface area contributed by atoms with E-state index in [2.05, 4.69) is 52.5 Å². The van der Waals surface area contributed by atoms with E-state index < -0.39 is 0 Å². The molecule has 1 saturated heterocycles. The first-order chi connectivity index (χ1) is 19.9. The maximum atomic E-state index is 13.9. The summed E-state index contributed by atoms with van der Waals surface area (Å²) in [5, 5.41) is 3.68. The Hall–Kier alpha value is -3.81. The van der Waals surface area contributed by atoms with Crippen molar-refractivity contribution in [2.45, 2.75) is 32.4 Å². The number of likely N-dealkylation sites (tertiary alicyclic amines) is 1. The Morgan fingerprint density at radius 3 is 2.49 bits per heavy atom. The summed E-state index contributed by atoms with van der Waals surface area (Å²) in [5.74, 6) is 1.03. The second-order valence-corrected chi connectivity index (χ2v) is 10.9. The zero-order valence-electron chi connectivity index (χ0n) is 23.5. The number of anilines is 1. The van der Waals surface area contributed by atoms with Crippen LogP contribution in [-0.4, -0.2) is 55.1 Å². The average molecular weight is 565 g/mol. The van der Waals surface area contributed by atoms with Gasteiger partial charge in [0.05, 0.1) is 19.3 Å². The maximum absolute atomic E-state index is 13.9. The molecule has 2 heterocycles. The number of benzene rings is 3. The highest BCUT2D eigenvalue weighted by atomic mass is 35.5. The fraction of sp³-hybridized carbons (Fsp3) is 0.273. The van der Waals surface area contributed by atoms with Crippen LogP contribution in [0.1, 0.15) is 30.9 Å². The van der Waals surface area contributed by atoms with Crippen LogP contribution in [0.2, 0.25) is 5.15 Å². The molecule has 3 aromatic carbocycles. The molecule has 6 nitrogen and oxygen atoms in total. The largest absolute Gasteiger partial charge is 0.497 e. The summed E-state index contributed by atoms with van der Waals surface area (Å²) < 4.78 is 6.98. The van der Waals surface area contributed by atoms with Gasteiger partial charge < -0.3 is 10.1 Å². The number of halogens is 1. The first kappa shape index (κ1) is 28.7. The summed E-state index contributed by atoms with van der Waals surface area (Å²) in [7, 11) is 7.70. The highest BCUT2D eigenvalue weighted by Crippen LogP contribution is 2.27. The molecule has 41 heavy (non-hydrogen) atoms. The summed E-state index contributed by atoms with van der Waals surface area (Å²) >= 11 is 6.79. The molecule has 0 unspecified atom stereocenters. The smallest absolute Gasteiger partial charge is 0.294 e. The van der Waals surface area contributed by atoms with Gasteiger partial charge in [0.25, 0.3) is 5.56 Å². The second-order valence-electron chi connectivity index (χ2n) is 10.6. The predicted molar refractivity (Wildman–Crippen MR) is 170 cm³/mol. The summed E-state index contributed by atoms with van der Waals surface area (Å²) in [6.07, 6.45) is 4.06. The van der Waals surface area contributed by atoms with Crippen molar-refractivity contribution in [3.05, 3.63) is 111 Å². The van der Waals surface area contributed by atoms with E-state index in [-0.39, 0.29) is 22.6 Å². The van der Waals surface area contributed by atoms with Crippen LogP contribution in [0, 0.1) is 0 Å². The van der Waals surface area contributed by atoms with Gasteiger partial charge in [-0.3, -0.25) is 14.3 Å². The average Bonchev–Trinajstić information content (AvgIpc) is 2.97. The minimum atomic E-state index is -0.216. The molecule has 0 spiro atoms. The van der Waals surface area contributed by atoms with E-state index in [4.69, 9.17) is 24.2 Å². The van der Waals surface area contributed by atoms with Gasteiger partial charge in [0.2, 0.25) is 0 Å². The van der Waals surface area contributed by atoms with E-state index in [0.717, 1.165) is 49.4 Å². The summed E-state index contributed by atoms with van der Waals surface area (Å²) in [5.41, 5.74) is 5.15. The number of ether oxygens (including phenoxy) is 1. The molecule has 0 amide bonds. The standard InChI is InChI=1S/C33H34BClN4O2/c1-23(19-24-7-4-3-5-8-24)21-38-17-15-28(16-18-38)36-32-33(40)39(22-25-11-13-29(41-2)14-12-25)30(31(35)37-32)26-9-6-10-27(34)20-26/h3-14,19-20,28H,15-18,21-22H2,1-2H3,(H,36,37)/b23-19+. The van der Waals surface area contributed by atoms with Crippen LogP contribution >= 0.6 is 11.6 Å². The van der Waals surface area contributed by atoms with E-state index in [1.807, 2.05) is 48.5 Å². The number of nitrogens with zero attached hydrogens (tertiary/aromatic N) is 3. The summed E-state index contributed by atoms with van der Waals surface area (Å²) in [6.45, 7) is 5.31. The van der Waals surface area contributed by atoms with E-state index in [1.54, 1.807) is 17.7 Å². The summed E-state index contributed by atoms with van der Waals surface area (Å²) in [4.78, 5) is 20.9. The third kappa shape index (κ3) is 7.29. The Kier molecular flexibility index (Phi) is 9.27. The van der Waals surface area contributed by atoms with Crippen molar-refractivity contribution in [3.8, 4) is 17.0 Å². The first-order valence-electron chi connectivity index (χ1n) is 13.9. The first-order valence-corrected chi connectivity index (χ1v) is 14.3.